The lowest BCUT2D eigenvalue weighted by Gasteiger charge is -2.26. The standard InChI is InChI=1S/C25H32ClN3O4/c1-18-15-21(30)24(26)20-16-19(28-33-17-22(31)29-13-9-6-10-14-29)11-7-4-2-3-5-8-12-27-25(32)23(18)20/h3,5,7,11,15,30H,2,4,6,8-10,12-14,16-17H2,1H3,(H,27,32)/b5-3+,11-7+,28-19+. The number of aromatic hydroxyl groups is 1. The van der Waals surface area contributed by atoms with E-state index in [1.165, 1.54) is 6.07 Å². The van der Waals surface area contributed by atoms with Crippen molar-refractivity contribution in [3.8, 4) is 5.75 Å². The topological polar surface area (TPSA) is 91.2 Å². The lowest BCUT2D eigenvalue weighted by Crippen LogP contribution is -2.37. The van der Waals surface area contributed by atoms with Crippen LogP contribution in [0.15, 0.2) is 35.5 Å². The molecule has 0 unspecified atom stereocenters. The third kappa shape index (κ3) is 7.09. The van der Waals surface area contributed by atoms with Crippen LogP contribution in [-0.2, 0) is 16.1 Å². The number of nitrogens with zero attached hydrogens (tertiary/aromatic N) is 2. The van der Waals surface area contributed by atoms with Crippen molar-refractivity contribution >= 4 is 29.1 Å². The largest absolute Gasteiger partial charge is 0.506 e. The molecule has 0 spiro atoms. The van der Waals surface area contributed by atoms with Crippen LogP contribution in [-0.4, -0.2) is 53.8 Å². The lowest BCUT2D eigenvalue weighted by atomic mass is 9.95. The number of fused-ring (bicyclic) bond motifs is 1. The first-order valence-corrected chi connectivity index (χ1v) is 11.9. The second kappa shape index (κ2) is 12.4. The van der Waals surface area contributed by atoms with Gasteiger partial charge in [0.15, 0.2) is 6.61 Å². The van der Waals surface area contributed by atoms with Crippen LogP contribution in [0.5, 0.6) is 5.75 Å². The van der Waals surface area contributed by atoms with E-state index >= 15 is 0 Å². The molecule has 0 radical (unpaired) electrons. The zero-order valence-corrected chi connectivity index (χ0v) is 19.9. The zero-order valence-electron chi connectivity index (χ0n) is 19.1. The summed E-state index contributed by atoms with van der Waals surface area (Å²) in [6.45, 7) is 3.63. The van der Waals surface area contributed by atoms with Crippen molar-refractivity contribution < 1.29 is 19.5 Å². The second-order valence-corrected chi connectivity index (χ2v) is 8.73. The molecule has 3 rings (SSSR count). The molecule has 1 aromatic carbocycles. The number of carbonyl (C=O) groups is 2. The molecule has 2 aliphatic heterocycles. The van der Waals surface area contributed by atoms with E-state index in [0.29, 0.717) is 28.9 Å². The Kier molecular flexibility index (Phi) is 9.36. The number of allylic oxidation sites excluding steroid dienone is 3. The number of amides is 2. The van der Waals surface area contributed by atoms with Gasteiger partial charge in [0, 0.05) is 31.6 Å². The van der Waals surface area contributed by atoms with Crippen LogP contribution in [0.25, 0.3) is 0 Å². The maximum absolute atomic E-state index is 12.9. The summed E-state index contributed by atoms with van der Waals surface area (Å²) in [5.74, 6) is -0.422. The fourth-order valence-corrected chi connectivity index (χ4v) is 4.25. The molecule has 178 valence electrons. The highest BCUT2D eigenvalue weighted by atomic mass is 35.5. The molecular formula is C25H32ClN3O4. The fraction of sp³-hybridized carbons (Fsp3) is 0.480. The van der Waals surface area contributed by atoms with Gasteiger partial charge in [0.05, 0.1) is 10.7 Å². The molecule has 8 heteroatoms. The van der Waals surface area contributed by atoms with Crippen molar-refractivity contribution in [3.05, 3.63) is 52.1 Å². The van der Waals surface area contributed by atoms with E-state index < -0.39 is 0 Å². The summed E-state index contributed by atoms with van der Waals surface area (Å²) < 4.78 is 0. The van der Waals surface area contributed by atoms with Crippen LogP contribution in [0.2, 0.25) is 5.02 Å². The molecule has 2 heterocycles. The Morgan fingerprint density at radius 2 is 1.91 bits per heavy atom. The van der Waals surface area contributed by atoms with Crippen molar-refractivity contribution in [1.82, 2.24) is 10.2 Å². The Morgan fingerprint density at radius 3 is 2.70 bits per heavy atom. The Labute approximate surface area is 200 Å². The highest BCUT2D eigenvalue weighted by Crippen LogP contribution is 2.33. The third-order valence-corrected chi connectivity index (χ3v) is 6.20. The van der Waals surface area contributed by atoms with Gasteiger partial charge in [0.25, 0.3) is 11.8 Å². The van der Waals surface area contributed by atoms with Gasteiger partial charge in [-0.05, 0) is 68.7 Å². The molecule has 0 aliphatic carbocycles. The number of likely N-dealkylation sites (tertiary alicyclic amines) is 1. The van der Waals surface area contributed by atoms with Gasteiger partial charge < -0.3 is 20.2 Å². The van der Waals surface area contributed by atoms with Crippen molar-refractivity contribution in [3.63, 3.8) is 0 Å². The molecule has 0 aromatic heterocycles. The van der Waals surface area contributed by atoms with Crippen LogP contribution < -0.4 is 5.32 Å². The minimum atomic E-state index is -0.251. The number of hydrogen-bond donors (Lipinski definition) is 2. The van der Waals surface area contributed by atoms with Crippen LogP contribution in [0, 0.1) is 6.92 Å². The number of halogens is 1. The SMILES string of the molecule is Cc1cc(O)c(Cl)c2c1C(=O)NCC/C=C/CC/C=C/C(=N\OCC(=O)N1CCCCC1)C2. The summed E-state index contributed by atoms with van der Waals surface area (Å²) >= 11 is 6.43. The highest BCUT2D eigenvalue weighted by molar-refractivity contribution is 6.33. The fourth-order valence-electron chi connectivity index (χ4n) is 4.04. The zero-order chi connectivity index (χ0) is 23.6. The van der Waals surface area contributed by atoms with E-state index in [9.17, 15) is 14.7 Å². The number of nitrogens with one attached hydrogen (secondary N) is 1. The van der Waals surface area contributed by atoms with E-state index in [-0.39, 0.29) is 35.6 Å². The second-order valence-electron chi connectivity index (χ2n) is 8.35. The molecule has 33 heavy (non-hydrogen) atoms. The predicted molar refractivity (Wildman–Crippen MR) is 130 cm³/mol. The minimum absolute atomic E-state index is 0.0830. The first kappa shape index (κ1) is 24.8. The van der Waals surface area contributed by atoms with E-state index in [0.717, 1.165) is 51.6 Å². The van der Waals surface area contributed by atoms with Crippen LogP contribution >= 0.6 is 11.6 Å². The molecular weight excluding hydrogens is 442 g/mol. The van der Waals surface area contributed by atoms with E-state index in [2.05, 4.69) is 16.5 Å². The van der Waals surface area contributed by atoms with E-state index in [1.807, 2.05) is 18.2 Å². The van der Waals surface area contributed by atoms with Gasteiger partial charge in [-0.25, -0.2) is 0 Å². The summed E-state index contributed by atoms with van der Waals surface area (Å²) in [7, 11) is 0. The van der Waals surface area contributed by atoms with Gasteiger partial charge in [0.2, 0.25) is 0 Å². The summed E-state index contributed by atoms with van der Waals surface area (Å²) in [6.07, 6.45) is 13.7. The van der Waals surface area contributed by atoms with Crippen LogP contribution in [0.4, 0.5) is 0 Å². The average Bonchev–Trinajstić information content (AvgIpc) is 2.80. The number of phenols is 1. The Morgan fingerprint density at radius 1 is 1.18 bits per heavy atom. The smallest absolute Gasteiger partial charge is 0.263 e. The summed E-state index contributed by atoms with van der Waals surface area (Å²) in [4.78, 5) is 32.6. The normalized spacial score (nSPS) is 21.0. The molecule has 2 N–H and O–H groups in total. The maximum atomic E-state index is 12.9. The van der Waals surface area contributed by atoms with Crippen LogP contribution in [0.1, 0.15) is 60.0 Å². The monoisotopic (exact) mass is 473 g/mol. The summed E-state index contributed by atoms with van der Waals surface area (Å²) in [5, 5.41) is 17.5. The third-order valence-electron chi connectivity index (χ3n) is 5.78. The quantitative estimate of drug-likeness (QED) is 0.505. The number of benzene rings is 1. The number of phenolic OH excluding ortho intramolecular Hbond substituents is 1. The Hall–Kier alpha value is -2.80. The van der Waals surface area contributed by atoms with Crippen molar-refractivity contribution in [2.24, 2.45) is 5.16 Å². The number of rotatable bonds is 3. The van der Waals surface area contributed by atoms with Gasteiger partial charge in [-0.2, -0.15) is 0 Å². The molecule has 7 nitrogen and oxygen atoms in total. The lowest BCUT2D eigenvalue weighted by molar-refractivity contribution is -0.137. The molecule has 2 amide bonds. The van der Waals surface area contributed by atoms with Crippen LogP contribution in [0.3, 0.4) is 0 Å². The molecule has 0 bridgehead atoms. The van der Waals surface area contributed by atoms with Gasteiger partial charge in [-0.15, -0.1) is 0 Å². The van der Waals surface area contributed by atoms with E-state index in [1.54, 1.807) is 11.8 Å². The number of carbonyl (C=O) groups excluding carboxylic acids is 2. The molecule has 1 saturated heterocycles. The summed E-state index contributed by atoms with van der Waals surface area (Å²) in [5.41, 5.74) is 2.04. The number of aryl methyl sites for hydroxylation is 1. The van der Waals surface area contributed by atoms with Crippen molar-refractivity contribution in [2.45, 2.75) is 51.9 Å². The first-order chi connectivity index (χ1) is 16.0. The highest BCUT2D eigenvalue weighted by Gasteiger charge is 2.22. The maximum Gasteiger partial charge on any atom is 0.263 e. The van der Waals surface area contributed by atoms with Gasteiger partial charge >= 0.3 is 0 Å². The van der Waals surface area contributed by atoms with Gasteiger partial charge in [0.1, 0.15) is 5.75 Å². The molecule has 0 atom stereocenters. The molecule has 1 aromatic rings. The molecule has 0 saturated carbocycles. The number of piperidine rings is 1. The average molecular weight is 474 g/mol. The molecule has 1 fully saturated rings. The first-order valence-electron chi connectivity index (χ1n) is 11.5. The minimum Gasteiger partial charge on any atom is -0.506 e. The molecule has 2 aliphatic rings. The number of oxime groups is 1. The van der Waals surface area contributed by atoms with Gasteiger partial charge in [-0.3, -0.25) is 9.59 Å². The summed E-state index contributed by atoms with van der Waals surface area (Å²) in [6, 6.07) is 1.49. The van der Waals surface area contributed by atoms with Crippen molar-refractivity contribution in [2.75, 3.05) is 26.2 Å². The van der Waals surface area contributed by atoms with Gasteiger partial charge in [-0.1, -0.05) is 35.0 Å². The predicted octanol–water partition coefficient (Wildman–Crippen LogP) is 4.31. The van der Waals surface area contributed by atoms with E-state index in [4.69, 9.17) is 16.4 Å². The van der Waals surface area contributed by atoms with Crippen molar-refractivity contribution in [1.29, 1.82) is 0 Å². The number of hydrogen-bond acceptors (Lipinski definition) is 5. The Bertz CT molecular complexity index is 949. The Balaban J connectivity index is 1.86.